The van der Waals surface area contributed by atoms with Gasteiger partial charge < -0.3 is 4.74 Å². The van der Waals surface area contributed by atoms with Crippen LogP contribution in [0.5, 0.6) is 5.75 Å². The van der Waals surface area contributed by atoms with Gasteiger partial charge in [0.15, 0.2) is 0 Å². The quantitative estimate of drug-likeness (QED) is 0.448. The number of nitrogens with zero attached hydrogens (tertiary/aromatic N) is 1. The van der Waals surface area contributed by atoms with Crippen LogP contribution in [-0.4, -0.2) is 41.7 Å². The molecule has 1 fully saturated rings. The number of fused-ring (bicyclic) bond motifs is 1. The number of urea groups is 1. The lowest BCUT2D eigenvalue weighted by molar-refractivity contribution is -0.123. The maximum atomic E-state index is 12.6. The molecule has 9 nitrogen and oxygen atoms in total. The van der Waals surface area contributed by atoms with E-state index in [9.17, 15) is 24.0 Å². The fourth-order valence-electron chi connectivity index (χ4n) is 3.34. The molecule has 30 heavy (non-hydrogen) atoms. The van der Waals surface area contributed by atoms with Gasteiger partial charge in [0.05, 0.1) is 24.8 Å². The van der Waals surface area contributed by atoms with Crippen LogP contribution in [0.25, 0.3) is 6.08 Å². The lowest BCUT2D eigenvalue weighted by Gasteiger charge is -2.17. The molecule has 0 atom stereocenters. The molecular weight excluding hydrogens is 390 g/mol. The van der Waals surface area contributed by atoms with E-state index < -0.39 is 29.7 Å². The molecule has 0 bridgehead atoms. The molecule has 2 aromatic rings. The monoisotopic (exact) mass is 405 g/mol. The van der Waals surface area contributed by atoms with Crippen molar-refractivity contribution in [2.75, 3.05) is 7.11 Å². The van der Waals surface area contributed by atoms with E-state index in [1.807, 2.05) is 10.6 Å². The van der Waals surface area contributed by atoms with Crippen molar-refractivity contribution in [2.24, 2.45) is 0 Å². The average Bonchev–Trinajstić information content (AvgIpc) is 2.96. The molecule has 0 radical (unpaired) electrons. The van der Waals surface area contributed by atoms with Crippen LogP contribution in [0.15, 0.2) is 48.0 Å². The van der Waals surface area contributed by atoms with E-state index in [-0.39, 0.29) is 12.1 Å². The number of nitrogens with one attached hydrogen (secondary N) is 2. The summed E-state index contributed by atoms with van der Waals surface area (Å²) in [5.74, 6) is -2.03. The molecule has 0 aromatic heterocycles. The fraction of sp³-hybridized carbons (Fsp3) is 0.0952. The normalized spacial score (nSPS) is 15.7. The summed E-state index contributed by atoms with van der Waals surface area (Å²) in [6.07, 6.45) is 1.31. The summed E-state index contributed by atoms with van der Waals surface area (Å²) in [7, 11) is 1.45. The van der Waals surface area contributed by atoms with E-state index in [0.29, 0.717) is 28.0 Å². The molecule has 9 heteroatoms. The van der Waals surface area contributed by atoms with Gasteiger partial charge in [-0.2, -0.15) is 0 Å². The van der Waals surface area contributed by atoms with E-state index in [1.54, 1.807) is 42.5 Å². The van der Waals surface area contributed by atoms with E-state index in [1.165, 1.54) is 13.2 Å². The zero-order valence-corrected chi connectivity index (χ0v) is 15.7. The lowest BCUT2D eigenvalue weighted by Crippen LogP contribution is -2.51. The Morgan fingerprint density at radius 2 is 1.50 bits per heavy atom. The van der Waals surface area contributed by atoms with Gasteiger partial charge in [-0.05, 0) is 35.9 Å². The molecule has 6 amide bonds. The Labute approximate surface area is 170 Å². The number of amides is 6. The molecule has 150 valence electrons. The molecule has 0 spiro atoms. The van der Waals surface area contributed by atoms with Crippen LogP contribution in [-0.2, 0) is 16.1 Å². The van der Waals surface area contributed by atoms with Gasteiger partial charge in [0, 0.05) is 5.56 Å². The van der Waals surface area contributed by atoms with Gasteiger partial charge >= 0.3 is 6.03 Å². The minimum Gasteiger partial charge on any atom is -0.496 e. The van der Waals surface area contributed by atoms with Gasteiger partial charge in [0.1, 0.15) is 11.3 Å². The third-order valence-corrected chi connectivity index (χ3v) is 4.77. The first-order valence-electron chi connectivity index (χ1n) is 8.89. The summed E-state index contributed by atoms with van der Waals surface area (Å²) in [4.78, 5) is 61.5. The predicted octanol–water partition coefficient (Wildman–Crippen LogP) is 1.24. The summed E-state index contributed by atoms with van der Waals surface area (Å²) >= 11 is 0. The molecular formula is C21H15N3O6. The highest BCUT2D eigenvalue weighted by molar-refractivity contribution is 6.31. The zero-order chi connectivity index (χ0) is 21.4. The Hall–Kier alpha value is -4.27. The van der Waals surface area contributed by atoms with Gasteiger partial charge in [-0.25, -0.2) is 4.79 Å². The number of benzene rings is 2. The zero-order valence-electron chi connectivity index (χ0n) is 15.7. The third-order valence-electron chi connectivity index (χ3n) is 4.77. The first-order chi connectivity index (χ1) is 14.4. The van der Waals surface area contributed by atoms with Crippen LogP contribution in [0.1, 0.15) is 31.8 Å². The van der Waals surface area contributed by atoms with Crippen molar-refractivity contribution in [1.29, 1.82) is 0 Å². The number of methoxy groups -OCH3 is 1. The van der Waals surface area contributed by atoms with Crippen molar-refractivity contribution < 1.29 is 28.7 Å². The molecule has 0 saturated carbocycles. The highest BCUT2D eigenvalue weighted by atomic mass is 16.5. The van der Waals surface area contributed by atoms with Gasteiger partial charge in [-0.1, -0.05) is 18.2 Å². The number of imide groups is 3. The Kier molecular flexibility index (Phi) is 4.63. The van der Waals surface area contributed by atoms with Gasteiger partial charge in [-0.15, -0.1) is 0 Å². The van der Waals surface area contributed by atoms with Crippen LogP contribution >= 0.6 is 0 Å². The van der Waals surface area contributed by atoms with Gasteiger partial charge in [-0.3, -0.25) is 34.7 Å². The maximum absolute atomic E-state index is 12.6. The lowest BCUT2D eigenvalue weighted by atomic mass is 10.0. The highest BCUT2D eigenvalue weighted by Crippen LogP contribution is 2.28. The second kappa shape index (κ2) is 7.28. The maximum Gasteiger partial charge on any atom is 0.328 e. The minimum atomic E-state index is -0.886. The van der Waals surface area contributed by atoms with E-state index in [2.05, 4.69) is 0 Å². The highest BCUT2D eigenvalue weighted by Gasteiger charge is 2.35. The Balaban J connectivity index is 1.66. The number of barbiturate groups is 1. The summed E-state index contributed by atoms with van der Waals surface area (Å²) in [5, 5.41) is 3.99. The van der Waals surface area contributed by atoms with E-state index in [4.69, 9.17) is 4.74 Å². The number of hydrogen-bond donors (Lipinski definition) is 2. The van der Waals surface area contributed by atoms with Crippen LogP contribution in [0.2, 0.25) is 0 Å². The average molecular weight is 405 g/mol. The molecule has 2 N–H and O–H groups in total. The van der Waals surface area contributed by atoms with Crippen molar-refractivity contribution in [3.63, 3.8) is 0 Å². The third kappa shape index (κ3) is 3.22. The van der Waals surface area contributed by atoms with Crippen LogP contribution in [0.3, 0.4) is 0 Å². The molecule has 2 aliphatic rings. The van der Waals surface area contributed by atoms with Crippen LogP contribution < -0.4 is 15.4 Å². The SMILES string of the molecule is COc1ccc(C=C2C(=O)NC(=O)NC2=O)cc1CN1C(=O)c2ccccc2C1=O. The van der Waals surface area contributed by atoms with Crippen LogP contribution in [0.4, 0.5) is 4.79 Å². The first kappa shape index (κ1) is 19.1. The number of carbonyl (C=O) groups is 5. The molecule has 2 aliphatic heterocycles. The van der Waals surface area contributed by atoms with Crippen molar-refractivity contribution >= 4 is 35.7 Å². The van der Waals surface area contributed by atoms with Crippen molar-refractivity contribution in [3.05, 3.63) is 70.3 Å². The molecule has 2 aromatic carbocycles. The number of carbonyl (C=O) groups excluding carboxylic acids is 5. The van der Waals surface area contributed by atoms with Crippen molar-refractivity contribution in [1.82, 2.24) is 15.5 Å². The fourth-order valence-corrected chi connectivity index (χ4v) is 3.34. The molecule has 2 heterocycles. The number of hydrogen-bond acceptors (Lipinski definition) is 6. The van der Waals surface area contributed by atoms with Gasteiger partial charge in [0.25, 0.3) is 23.6 Å². The van der Waals surface area contributed by atoms with Gasteiger partial charge in [0.2, 0.25) is 0 Å². The summed E-state index contributed by atoms with van der Waals surface area (Å²) in [6.45, 7) is -0.0522. The van der Waals surface area contributed by atoms with E-state index in [0.717, 1.165) is 4.90 Å². The molecule has 0 aliphatic carbocycles. The molecule has 1 saturated heterocycles. The second-order valence-electron chi connectivity index (χ2n) is 6.61. The molecule has 4 rings (SSSR count). The summed E-state index contributed by atoms with van der Waals surface area (Å²) in [5.41, 5.74) is 1.39. The predicted molar refractivity (Wildman–Crippen MR) is 103 cm³/mol. The Morgan fingerprint density at radius 1 is 0.900 bits per heavy atom. The van der Waals surface area contributed by atoms with E-state index >= 15 is 0 Å². The summed E-state index contributed by atoms with van der Waals surface area (Å²) < 4.78 is 5.33. The van der Waals surface area contributed by atoms with Crippen molar-refractivity contribution in [2.45, 2.75) is 6.54 Å². The minimum absolute atomic E-state index is 0.0522. The Bertz CT molecular complexity index is 1110. The summed E-state index contributed by atoms with van der Waals surface area (Å²) in [6, 6.07) is 10.5. The van der Waals surface area contributed by atoms with Crippen LogP contribution in [0, 0.1) is 0 Å². The second-order valence-corrected chi connectivity index (χ2v) is 6.61. The smallest absolute Gasteiger partial charge is 0.328 e. The Morgan fingerprint density at radius 3 is 2.07 bits per heavy atom. The number of ether oxygens (including phenoxy) is 1. The standard InChI is InChI=1S/C21H15N3O6/c1-30-16-7-6-11(9-15-17(25)22-21(29)23-18(15)26)8-12(16)10-24-19(27)13-4-2-3-5-14(13)20(24)28/h2-9H,10H2,1H3,(H2,22,23,25,26,29). The number of rotatable bonds is 4. The van der Waals surface area contributed by atoms with Crippen molar-refractivity contribution in [3.8, 4) is 5.75 Å². The topological polar surface area (TPSA) is 122 Å². The molecule has 0 unspecified atom stereocenters. The largest absolute Gasteiger partial charge is 0.496 e. The first-order valence-corrected chi connectivity index (χ1v) is 8.89.